The highest BCUT2D eigenvalue weighted by Gasteiger charge is 2.60. The van der Waals surface area contributed by atoms with Crippen molar-refractivity contribution >= 4 is 66.4 Å². The largest absolute Gasteiger partial charge is 0.496 e. The minimum atomic E-state index is -3.92. The second-order valence-electron chi connectivity index (χ2n) is 9.94. The first-order valence-electron chi connectivity index (χ1n) is 11.2. The van der Waals surface area contributed by atoms with Crippen molar-refractivity contribution in [1.29, 1.82) is 0 Å². The first kappa shape index (κ1) is 24.2. The number of sulfonamides is 1. The van der Waals surface area contributed by atoms with Gasteiger partial charge in [0.15, 0.2) is 0 Å². The number of ether oxygens (including phenoxy) is 1. The minimum absolute atomic E-state index is 0.00142. The van der Waals surface area contributed by atoms with Gasteiger partial charge in [0.1, 0.15) is 5.75 Å². The normalized spacial score (nSPS) is 29.6. The van der Waals surface area contributed by atoms with E-state index in [9.17, 15) is 13.2 Å². The maximum atomic E-state index is 13.5. The number of benzene rings is 2. The molecule has 0 aliphatic heterocycles. The number of anilines is 2. The molecule has 0 radical (unpaired) electrons. The lowest BCUT2D eigenvalue weighted by Gasteiger charge is -2.59. The van der Waals surface area contributed by atoms with Crippen molar-refractivity contribution in [1.82, 2.24) is 0 Å². The van der Waals surface area contributed by atoms with E-state index in [1.165, 1.54) is 25.3 Å². The Hall–Kier alpha value is -1.48. The van der Waals surface area contributed by atoms with Gasteiger partial charge >= 0.3 is 0 Å². The first-order valence-corrected chi connectivity index (χ1v) is 14.2. The van der Waals surface area contributed by atoms with Crippen LogP contribution < -0.4 is 14.8 Å². The van der Waals surface area contributed by atoms with Gasteiger partial charge in [-0.25, -0.2) is 8.42 Å². The number of methoxy groups -OCH3 is 1. The summed E-state index contributed by atoms with van der Waals surface area (Å²) in [5.41, 5.74) is 0.136. The third-order valence-corrected chi connectivity index (χ3v) is 10.1. The summed E-state index contributed by atoms with van der Waals surface area (Å²) in [5.74, 6) is 1.41. The second-order valence-corrected chi connectivity index (χ2v) is 13.7. The van der Waals surface area contributed by atoms with Gasteiger partial charge in [-0.05, 0) is 103 Å². The molecule has 10 heteroatoms. The maximum absolute atomic E-state index is 13.5. The molecule has 0 spiro atoms. The molecule has 0 aromatic heterocycles. The van der Waals surface area contributed by atoms with Crippen LogP contribution >= 0.6 is 39.1 Å². The zero-order valence-electron chi connectivity index (χ0n) is 18.5. The smallest absolute Gasteiger partial charge is 0.261 e. The molecular formula is C24H25BrCl2N2O4S. The van der Waals surface area contributed by atoms with Gasteiger partial charge in [-0.3, -0.25) is 9.52 Å². The number of hydrogen-bond donors (Lipinski definition) is 2. The molecule has 6 nitrogen and oxygen atoms in total. The van der Waals surface area contributed by atoms with Crippen LogP contribution in [0.3, 0.4) is 0 Å². The predicted molar refractivity (Wildman–Crippen MR) is 137 cm³/mol. The van der Waals surface area contributed by atoms with Crippen LogP contribution in [-0.2, 0) is 14.8 Å². The monoisotopic (exact) mass is 586 g/mol. The number of hydrogen-bond acceptors (Lipinski definition) is 4. The quantitative estimate of drug-likeness (QED) is 0.381. The van der Waals surface area contributed by atoms with Crippen molar-refractivity contribution in [3.05, 3.63) is 45.9 Å². The summed E-state index contributed by atoms with van der Waals surface area (Å²) in [6, 6.07) is 9.18. The summed E-state index contributed by atoms with van der Waals surface area (Å²) in [7, 11) is -2.39. The minimum Gasteiger partial charge on any atom is -0.496 e. The fraction of sp³-hybridized carbons (Fsp3) is 0.458. The topological polar surface area (TPSA) is 84.5 Å². The molecule has 2 N–H and O–H groups in total. The molecule has 4 aliphatic rings. The lowest BCUT2D eigenvalue weighted by Crippen LogP contribution is -2.57. The Kier molecular flexibility index (Phi) is 6.11. The summed E-state index contributed by atoms with van der Waals surface area (Å²) in [6.45, 7) is 0. The summed E-state index contributed by atoms with van der Waals surface area (Å²) in [5, 5.41) is 3.22. The summed E-state index contributed by atoms with van der Waals surface area (Å²) in [4.78, 5) is 13.2. The van der Waals surface area contributed by atoms with Crippen LogP contribution in [0.5, 0.6) is 5.75 Å². The number of nitrogens with one attached hydrogen (secondary N) is 2. The fourth-order valence-corrected chi connectivity index (χ4v) is 8.86. The zero-order chi connectivity index (χ0) is 24.3. The fourth-order valence-electron chi connectivity index (χ4n) is 6.38. The van der Waals surface area contributed by atoms with Crippen molar-refractivity contribution in [2.75, 3.05) is 17.1 Å². The van der Waals surface area contributed by atoms with Crippen LogP contribution in [-0.4, -0.2) is 26.3 Å². The van der Waals surface area contributed by atoms with E-state index in [4.69, 9.17) is 27.9 Å². The molecular weight excluding hydrogens is 563 g/mol. The number of halogens is 3. The summed E-state index contributed by atoms with van der Waals surface area (Å²) in [6.07, 6.45) is 5.40. The van der Waals surface area contributed by atoms with E-state index in [0.29, 0.717) is 34.2 Å². The number of carbonyl (C=O) groups excluding carboxylic acids is 1. The van der Waals surface area contributed by atoms with Crippen molar-refractivity contribution < 1.29 is 17.9 Å². The molecule has 4 fully saturated rings. The van der Waals surface area contributed by atoms with Gasteiger partial charge in [-0.1, -0.05) is 11.6 Å². The summed E-state index contributed by atoms with van der Waals surface area (Å²) < 4.78 is 34.5. The number of rotatable bonds is 6. The van der Waals surface area contributed by atoms with Crippen molar-refractivity contribution in [3.8, 4) is 5.75 Å². The van der Waals surface area contributed by atoms with Gasteiger partial charge < -0.3 is 10.1 Å². The Bertz CT molecular complexity index is 1260. The number of carbonyl (C=O) groups is 1. The predicted octanol–water partition coefficient (Wildman–Crippen LogP) is 6.43. The van der Waals surface area contributed by atoms with E-state index in [0.717, 1.165) is 32.1 Å². The molecule has 1 amide bonds. The molecule has 0 saturated heterocycles. The van der Waals surface area contributed by atoms with Gasteiger partial charge in [0, 0.05) is 4.87 Å². The highest BCUT2D eigenvalue weighted by molar-refractivity contribution is 9.10. The average molecular weight is 588 g/mol. The molecule has 4 saturated carbocycles. The molecule has 2 atom stereocenters. The number of amides is 1. The summed E-state index contributed by atoms with van der Waals surface area (Å²) >= 11 is 16.6. The van der Waals surface area contributed by atoms with Gasteiger partial charge in [-0.15, -0.1) is 11.6 Å². The lowest BCUT2D eigenvalue weighted by atomic mass is 9.49. The Morgan fingerprint density at radius 2 is 1.82 bits per heavy atom. The van der Waals surface area contributed by atoms with E-state index in [1.54, 1.807) is 18.2 Å². The van der Waals surface area contributed by atoms with Gasteiger partial charge in [0.05, 0.1) is 38.3 Å². The van der Waals surface area contributed by atoms with E-state index in [1.807, 2.05) is 0 Å². The molecule has 0 heterocycles. The Morgan fingerprint density at radius 3 is 2.44 bits per heavy atom. The Labute approximate surface area is 217 Å². The molecule has 182 valence electrons. The molecule has 4 aliphatic carbocycles. The van der Waals surface area contributed by atoms with Crippen LogP contribution in [0.4, 0.5) is 11.4 Å². The zero-order valence-corrected chi connectivity index (χ0v) is 22.5. The first-order chi connectivity index (χ1) is 16.0. The highest BCUT2D eigenvalue weighted by atomic mass is 79.9. The van der Waals surface area contributed by atoms with Crippen molar-refractivity contribution in [2.24, 2.45) is 17.3 Å². The van der Waals surface area contributed by atoms with Crippen LogP contribution in [0.2, 0.25) is 5.02 Å². The van der Waals surface area contributed by atoms with E-state index < -0.39 is 15.4 Å². The van der Waals surface area contributed by atoms with E-state index in [2.05, 4.69) is 26.0 Å². The van der Waals surface area contributed by atoms with Gasteiger partial charge in [-0.2, -0.15) is 0 Å². The molecule has 6 rings (SSSR count). The molecule has 4 bridgehead atoms. The van der Waals surface area contributed by atoms with Gasteiger partial charge in [0.2, 0.25) is 5.91 Å². The Balaban J connectivity index is 1.38. The van der Waals surface area contributed by atoms with E-state index in [-0.39, 0.29) is 26.4 Å². The highest BCUT2D eigenvalue weighted by Crippen LogP contribution is 2.64. The lowest BCUT2D eigenvalue weighted by molar-refractivity contribution is -0.138. The average Bonchev–Trinajstić information content (AvgIpc) is 2.73. The third-order valence-electron chi connectivity index (χ3n) is 7.37. The standard InChI is InChI=1S/C24H25BrCl2N2O4S/c1-33-21-5-2-16(7-18(21)25)29-34(31,32)17-3-4-19(26)20(8-17)28-22(30)23-9-14-6-15(10-23)12-24(27,11-14)13-23/h2-5,7-8,14-15,29H,6,9-13H2,1H3,(H,28,30). The van der Waals surface area contributed by atoms with Crippen molar-refractivity contribution in [2.45, 2.75) is 48.3 Å². The van der Waals surface area contributed by atoms with Gasteiger partial charge in [0.25, 0.3) is 10.0 Å². The van der Waals surface area contributed by atoms with E-state index >= 15 is 0 Å². The van der Waals surface area contributed by atoms with Crippen LogP contribution in [0.25, 0.3) is 0 Å². The SMILES string of the molecule is COc1ccc(NS(=O)(=O)c2ccc(Cl)c(NC(=O)C34CC5CC(CC(Cl)(C5)C3)C4)c2)cc1Br. The second kappa shape index (κ2) is 8.57. The van der Waals surface area contributed by atoms with Crippen LogP contribution in [0.1, 0.15) is 38.5 Å². The van der Waals surface area contributed by atoms with Crippen molar-refractivity contribution in [3.63, 3.8) is 0 Å². The number of alkyl halides is 1. The molecule has 2 aromatic rings. The van der Waals surface area contributed by atoms with Crippen LogP contribution in [0.15, 0.2) is 45.8 Å². The molecule has 2 unspecified atom stereocenters. The maximum Gasteiger partial charge on any atom is 0.261 e. The van der Waals surface area contributed by atoms with Crippen LogP contribution in [0, 0.1) is 17.3 Å². The molecule has 2 aromatic carbocycles. The molecule has 34 heavy (non-hydrogen) atoms. The third kappa shape index (κ3) is 4.43. The Morgan fingerprint density at radius 1 is 1.12 bits per heavy atom.